The zero-order valence-electron chi connectivity index (χ0n) is 19.6. The average Bonchev–Trinajstić information content (AvgIpc) is 3.55. The van der Waals surface area contributed by atoms with Crippen molar-refractivity contribution in [1.29, 1.82) is 0 Å². The Hall–Kier alpha value is -3.58. The Bertz CT molecular complexity index is 1620. The summed E-state index contributed by atoms with van der Waals surface area (Å²) < 4.78 is 106. The molecule has 0 spiro atoms. The molecule has 0 saturated carbocycles. The van der Waals surface area contributed by atoms with Crippen LogP contribution in [0.2, 0.25) is 0 Å². The summed E-state index contributed by atoms with van der Waals surface area (Å²) in [5.74, 6) is -12.7. The summed E-state index contributed by atoms with van der Waals surface area (Å²) in [5, 5.41) is 3.29. The molecule has 0 radical (unpaired) electrons. The molecule has 0 heterocycles. The summed E-state index contributed by atoms with van der Waals surface area (Å²) in [5.41, 5.74) is 0.0631. The third-order valence-corrected chi connectivity index (χ3v) is 6.06. The number of rotatable bonds is 2. The minimum atomic E-state index is -1.79. The van der Waals surface area contributed by atoms with Crippen LogP contribution in [0.1, 0.15) is 0 Å². The second-order valence-electron chi connectivity index (χ2n) is 8.44. The van der Waals surface area contributed by atoms with Gasteiger partial charge in [0.2, 0.25) is 0 Å². The molecule has 6 aromatic carbocycles. The number of fused-ring (bicyclic) bond motifs is 2. The number of benzene rings is 4. The Morgan fingerprint density at radius 1 is 0.410 bits per heavy atom. The van der Waals surface area contributed by atoms with Gasteiger partial charge in [0.25, 0.3) is 0 Å². The second-order valence-corrected chi connectivity index (χ2v) is 8.44. The van der Waals surface area contributed by atoms with Crippen LogP contribution in [-0.2, 0) is 26.2 Å². The molecule has 0 aromatic heterocycles. The molecule has 6 rings (SSSR count). The molecule has 0 bridgehead atoms. The molecule has 39 heavy (non-hydrogen) atoms. The van der Waals surface area contributed by atoms with Crippen LogP contribution >= 0.6 is 0 Å². The predicted molar refractivity (Wildman–Crippen MR) is 130 cm³/mol. The van der Waals surface area contributed by atoms with Crippen molar-refractivity contribution in [1.82, 2.24) is 0 Å². The fraction of sp³-hybridized carbons (Fsp3) is 0. The monoisotopic (exact) mass is 616 g/mol. The number of hydrogen-bond acceptors (Lipinski definition) is 0. The quantitative estimate of drug-likeness (QED) is 0.0786. The zero-order chi connectivity index (χ0) is 27.1. The fourth-order valence-corrected chi connectivity index (χ4v) is 4.18. The minimum Gasteiger partial charge on any atom is -0.212 e. The first-order chi connectivity index (χ1) is 18.2. The van der Waals surface area contributed by atoms with Crippen molar-refractivity contribution in [2.45, 2.75) is 0 Å². The molecule has 9 heteroatoms. The van der Waals surface area contributed by atoms with Gasteiger partial charge in [-0.15, -0.1) is 69.1 Å². The Morgan fingerprint density at radius 2 is 0.769 bits per heavy atom. The zero-order valence-corrected chi connectivity index (χ0v) is 22.1. The molecule has 0 fully saturated rings. The SMILES string of the molecule is Fc1cc(-c2cc3ccccc3[cH-]2)c(F)c(F)c1F.Fc1cc(-c2cc3ccccc3[cH-]2)c(F)c(F)c1F.[Zr+2]. The predicted octanol–water partition coefficient (Wildman–Crippen LogP) is 9.56. The van der Waals surface area contributed by atoms with Crippen LogP contribution in [0.25, 0.3) is 43.8 Å². The molecule has 194 valence electrons. The van der Waals surface area contributed by atoms with Crippen LogP contribution in [0.3, 0.4) is 0 Å². The molecule has 0 aliphatic rings. The number of hydrogen-bond donors (Lipinski definition) is 0. The van der Waals surface area contributed by atoms with Crippen LogP contribution in [0.4, 0.5) is 35.1 Å². The summed E-state index contributed by atoms with van der Waals surface area (Å²) in [6.45, 7) is 0. The van der Waals surface area contributed by atoms with E-state index in [-0.39, 0.29) is 37.3 Å². The molecule has 0 amide bonds. The molecule has 0 N–H and O–H groups in total. The van der Waals surface area contributed by atoms with Gasteiger partial charge in [-0.1, -0.05) is 36.4 Å². The Labute approximate surface area is 236 Å². The molecular formula is C30H14F8Zr. The normalized spacial score (nSPS) is 10.9. The average molecular weight is 618 g/mol. The van der Waals surface area contributed by atoms with Gasteiger partial charge in [0.15, 0.2) is 34.9 Å². The van der Waals surface area contributed by atoms with Crippen LogP contribution < -0.4 is 0 Å². The number of halogens is 8. The van der Waals surface area contributed by atoms with E-state index in [9.17, 15) is 35.1 Å². The summed E-state index contributed by atoms with van der Waals surface area (Å²) in [4.78, 5) is 0. The maximum atomic E-state index is 13.7. The molecule has 0 saturated heterocycles. The molecule has 6 aromatic rings. The molecular weight excluding hydrogens is 604 g/mol. The van der Waals surface area contributed by atoms with E-state index in [2.05, 4.69) is 0 Å². The van der Waals surface area contributed by atoms with Crippen molar-refractivity contribution in [2.24, 2.45) is 0 Å². The van der Waals surface area contributed by atoms with E-state index >= 15 is 0 Å². The van der Waals surface area contributed by atoms with Gasteiger partial charge in [0.05, 0.1) is 0 Å². The molecule has 0 aliphatic heterocycles. The Kier molecular flexibility index (Phi) is 8.21. The molecule has 0 atom stereocenters. The van der Waals surface area contributed by atoms with Gasteiger partial charge in [-0.25, -0.2) is 35.1 Å². The Balaban J connectivity index is 0.000000176. The maximum Gasteiger partial charge on any atom is 2.00 e. The van der Waals surface area contributed by atoms with Crippen LogP contribution in [0.5, 0.6) is 0 Å². The van der Waals surface area contributed by atoms with Crippen molar-refractivity contribution < 1.29 is 61.3 Å². The third kappa shape index (κ3) is 5.33. The van der Waals surface area contributed by atoms with Crippen molar-refractivity contribution in [3.63, 3.8) is 0 Å². The van der Waals surface area contributed by atoms with Gasteiger partial charge in [0.1, 0.15) is 11.6 Å². The second kappa shape index (κ2) is 11.3. The van der Waals surface area contributed by atoms with Crippen molar-refractivity contribution in [3.05, 3.63) is 131 Å². The minimum absolute atomic E-state index is 0. The summed E-state index contributed by atoms with van der Waals surface area (Å²) in [7, 11) is 0. The fourth-order valence-electron chi connectivity index (χ4n) is 4.18. The van der Waals surface area contributed by atoms with Gasteiger partial charge in [0, 0.05) is 0 Å². The van der Waals surface area contributed by atoms with E-state index in [1.54, 1.807) is 72.8 Å². The first-order valence-electron chi connectivity index (χ1n) is 11.1. The van der Waals surface area contributed by atoms with E-state index in [0.717, 1.165) is 21.5 Å². The van der Waals surface area contributed by atoms with E-state index in [1.807, 2.05) is 0 Å². The van der Waals surface area contributed by atoms with E-state index in [4.69, 9.17) is 0 Å². The summed E-state index contributed by atoms with van der Waals surface area (Å²) in [6.07, 6.45) is 0. The van der Waals surface area contributed by atoms with Crippen LogP contribution in [-0.4, -0.2) is 0 Å². The van der Waals surface area contributed by atoms with E-state index in [1.165, 1.54) is 0 Å². The summed E-state index contributed by atoms with van der Waals surface area (Å²) in [6, 6.07) is 22.1. The van der Waals surface area contributed by atoms with Gasteiger partial charge < -0.3 is 0 Å². The first-order valence-corrected chi connectivity index (χ1v) is 11.1. The molecule has 0 nitrogen and oxygen atoms in total. The van der Waals surface area contributed by atoms with Crippen LogP contribution in [0, 0.1) is 46.5 Å². The smallest absolute Gasteiger partial charge is 0.212 e. The van der Waals surface area contributed by atoms with Crippen LogP contribution in [0.15, 0.2) is 84.9 Å². The van der Waals surface area contributed by atoms with E-state index < -0.39 is 46.5 Å². The third-order valence-electron chi connectivity index (χ3n) is 6.06. The maximum absolute atomic E-state index is 13.7. The van der Waals surface area contributed by atoms with E-state index in [0.29, 0.717) is 23.3 Å². The largest absolute Gasteiger partial charge is 2.00 e. The van der Waals surface area contributed by atoms with Gasteiger partial charge in [-0.05, 0) is 23.3 Å². The van der Waals surface area contributed by atoms with Gasteiger partial charge in [-0.2, -0.15) is 0 Å². The first kappa shape index (κ1) is 28.4. The molecule has 0 unspecified atom stereocenters. The topological polar surface area (TPSA) is 0 Å². The van der Waals surface area contributed by atoms with Crippen molar-refractivity contribution in [2.75, 3.05) is 0 Å². The van der Waals surface area contributed by atoms with Gasteiger partial charge >= 0.3 is 26.2 Å². The summed E-state index contributed by atoms with van der Waals surface area (Å²) >= 11 is 0. The van der Waals surface area contributed by atoms with Crippen molar-refractivity contribution >= 4 is 21.5 Å². The Morgan fingerprint density at radius 3 is 1.13 bits per heavy atom. The molecule has 0 aliphatic carbocycles. The standard InChI is InChI=1S/2C15H7F4.Zr/c2*16-12-7-11(13(17)15(19)14(12)18)10-5-8-3-1-2-4-9(8)6-10;/h2*1-7H;/q2*-1;+2. The van der Waals surface area contributed by atoms with Crippen molar-refractivity contribution in [3.8, 4) is 22.3 Å². The van der Waals surface area contributed by atoms with Gasteiger partial charge in [-0.3, -0.25) is 0 Å².